The Kier molecular flexibility index (Phi) is 3.32. The molecule has 0 radical (unpaired) electrons. The molecule has 6 nitrogen and oxygen atoms in total. The van der Waals surface area contributed by atoms with Crippen molar-refractivity contribution in [1.29, 1.82) is 0 Å². The lowest BCUT2D eigenvalue weighted by atomic mass is 10.3. The van der Waals surface area contributed by atoms with E-state index in [2.05, 4.69) is 0 Å². The highest BCUT2D eigenvalue weighted by Crippen LogP contribution is 2.47. The number of nitrogens with zero attached hydrogens (tertiary/aromatic N) is 1. The fourth-order valence-electron chi connectivity index (χ4n) is 1.62. The van der Waals surface area contributed by atoms with Gasteiger partial charge in [0.05, 0.1) is 6.04 Å². The molecule has 0 aromatic carbocycles. The fraction of sp³-hybridized carbons (Fsp3) is 0.857. The standard InChI is InChI=1S/C7H15N2O4P/c1-5(8)7(10)9-4-2-3-6(9)14(11,12)13/h5-6H,2-4,8H2,1H3,(H2,11,12,13)/t5-,6?/m0/s1. The molecule has 1 amide bonds. The van der Waals surface area contributed by atoms with Gasteiger partial charge in [0.1, 0.15) is 5.78 Å². The van der Waals surface area contributed by atoms with Gasteiger partial charge in [-0.3, -0.25) is 9.36 Å². The summed E-state index contributed by atoms with van der Waals surface area (Å²) >= 11 is 0. The molecule has 1 aliphatic heterocycles. The second-order valence-electron chi connectivity index (χ2n) is 3.53. The second-order valence-corrected chi connectivity index (χ2v) is 5.31. The molecule has 82 valence electrons. The number of carbonyl (C=O) groups is 1. The summed E-state index contributed by atoms with van der Waals surface area (Å²) in [6.07, 6.45) is 0.969. The van der Waals surface area contributed by atoms with E-state index in [0.717, 1.165) is 0 Å². The van der Waals surface area contributed by atoms with Crippen LogP contribution in [0.3, 0.4) is 0 Å². The highest BCUT2D eigenvalue weighted by atomic mass is 31.2. The number of carbonyl (C=O) groups excluding carboxylic acids is 1. The third-order valence-corrected chi connectivity index (χ3v) is 3.60. The number of nitrogens with two attached hydrogens (primary N) is 1. The molecule has 4 N–H and O–H groups in total. The van der Waals surface area contributed by atoms with Gasteiger partial charge in [0.15, 0.2) is 0 Å². The van der Waals surface area contributed by atoms with Gasteiger partial charge < -0.3 is 20.4 Å². The van der Waals surface area contributed by atoms with Crippen molar-refractivity contribution in [2.24, 2.45) is 5.73 Å². The summed E-state index contributed by atoms with van der Waals surface area (Å²) in [5, 5.41) is 0. The molecule has 1 rings (SSSR count). The van der Waals surface area contributed by atoms with E-state index >= 15 is 0 Å². The van der Waals surface area contributed by atoms with Crippen LogP contribution in [-0.2, 0) is 9.36 Å². The van der Waals surface area contributed by atoms with Crippen LogP contribution >= 0.6 is 7.60 Å². The summed E-state index contributed by atoms with van der Waals surface area (Å²) in [5.74, 6) is -1.36. The predicted octanol–water partition coefficient (Wildman–Crippen LogP) is -0.540. The molecule has 0 saturated carbocycles. The highest BCUT2D eigenvalue weighted by Gasteiger charge is 2.41. The molecule has 1 unspecified atom stereocenters. The molecule has 0 spiro atoms. The third kappa shape index (κ3) is 2.33. The zero-order valence-electron chi connectivity index (χ0n) is 7.96. The number of amides is 1. The van der Waals surface area contributed by atoms with E-state index in [0.29, 0.717) is 19.4 Å². The van der Waals surface area contributed by atoms with Gasteiger partial charge in [0.25, 0.3) is 0 Å². The number of likely N-dealkylation sites (tertiary alicyclic amines) is 1. The molecular weight excluding hydrogens is 207 g/mol. The van der Waals surface area contributed by atoms with Crippen molar-refractivity contribution >= 4 is 13.5 Å². The summed E-state index contributed by atoms with van der Waals surface area (Å²) < 4.78 is 11.0. The van der Waals surface area contributed by atoms with Gasteiger partial charge in [-0.15, -0.1) is 0 Å². The van der Waals surface area contributed by atoms with E-state index in [1.807, 2.05) is 0 Å². The molecule has 1 aliphatic rings. The van der Waals surface area contributed by atoms with Gasteiger partial charge >= 0.3 is 7.60 Å². The SMILES string of the molecule is C[C@H](N)C(=O)N1CCCC1P(=O)(O)O. The predicted molar refractivity (Wildman–Crippen MR) is 50.4 cm³/mol. The van der Waals surface area contributed by atoms with Crippen LogP contribution in [0.25, 0.3) is 0 Å². The fourth-order valence-corrected chi connectivity index (χ4v) is 2.73. The molecular formula is C7H15N2O4P. The van der Waals surface area contributed by atoms with E-state index in [1.165, 1.54) is 11.8 Å². The van der Waals surface area contributed by atoms with Crippen molar-refractivity contribution in [3.63, 3.8) is 0 Å². The Labute approximate surface area is 82.2 Å². The zero-order chi connectivity index (χ0) is 10.9. The summed E-state index contributed by atoms with van der Waals surface area (Å²) in [5.41, 5.74) is 5.38. The van der Waals surface area contributed by atoms with Gasteiger partial charge in [0, 0.05) is 6.54 Å². The van der Waals surface area contributed by atoms with Gasteiger partial charge in [-0.05, 0) is 19.8 Å². The first-order chi connectivity index (χ1) is 6.34. The van der Waals surface area contributed by atoms with Crippen molar-refractivity contribution in [3.8, 4) is 0 Å². The molecule has 0 bridgehead atoms. The third-order valence-electron chi connectivity index (χ3n) is 2.28. The zero-order valence-corrected chi connectivity index (χ0v) is 8.85. The van der Waals surface area contributed by atoms with Gasteiger partial charge in [-0.1, -0.05) is 0 Å². The molecule has 1 fully saturated rings. The van der Waals surface area contributed by atoms with Gasteiger partial charge in [0.2, 0.25) is 5.91 Å². The molecule has 7 heteroatoms. The molecule has 1 heterocycles. The lowest BCUT2D eigenvalue weighted by Crippen LogP contribution is -2.44. The molecule has 14 heavy (non-hydrogen) atoms. The minimum Gasteiger partial charge on any atom is -0.327 e. The normalized spacial score (nSPS) is 25.1. The largest absolute Gasteiger partial charge is 0.347 e. The molecule has 0 aromatic rings. The van der Waals surface area contributed by atoms with Crippen molar-refractivity contribution in [2.75, 3.05) is 6.54 Å². The van der Waals surface area contributed by atoms with E-state index in [4.69, 9.17) is 15.5 Å². The summed E-state index contributed by atoms with van der Waals surface area (Å²) in [7, 11) is -4.21. The van der Waals surface area contributed by atoms with Crippen molar-refractivity contribution < 1.29 is 19.1 Å². The number of rotatable bonds is 2. The first-order valence-electron chi connectivity index (χ1n) is 4.45. The Bertz CT molecular complexity index is 275. The minimum atomic E-state index is -4.21. The summed E-state index contributed by atoms with van der Waals surface area (Å²) in [6.45, 7) is 1.90. The van der Waals surface area contributed by atoms with Crippen LogP contribution < -0.4 is 5.73 Å². The van der Waals surface area contributed by atoms with Crippen molar-refractivity contribution in [3.05, 3.63) is 0 Å². The Balaban J connectivity index is 2.79. The number of hydrogen-bond acceptors (Lipinski definition) is 3. The molecule has 1 saturated heterocycles. The lowest BCUT2D eigenvalue weighted by Gasteiger charge is -2.26. The van der Waals surface area contributed by atoms with Gasteiger partial charge in [-0.2, -0.15) is 0 Å². The van der Waals surface area contributed by atoms with E-state index in [9.17, 15) is 9.36 Å². The monoisotopic (exact) mass is 222 g/mol. The first-order valence-corrected chi connectivity index (χ1v) is 6.13. The van der Waals surface area contributed by atoms with Gasteiger partial charge in [-0.25, -0.2) is 0 Å². The Hall–Kier alpha value is -0.420. The van der Waals surface area contributed by atoms with Crippen LogP contribution in [0.15, 0.2) is 0 Å². The maximum absolute atomic E-state index is 11.5. The lowest BCUT2D eigenvalue weighted by molar-refractivity contribution is -0.132. The van der Waals surface area contributed by atoms with Crippen LogP contribution in [0, 0.1) is 0 Å². The average molecular weight is 222 g/mol. The molecule has 0 aromatic heterocycles. The summed E-state index contributed by atoms with van der Waals surface area (Å²) in [6, 6.07) is -0.706. The van der Waals surface area contributed by atoms with Crippen molar-refractivity contribution in [1.82, 2.24) is 4.90 Å². The Morgan fingerprint density at radius 2 is 2.21 bits per heavy atom. The molecule has 2 atom stereocenters. The van der Waals surface area contributed by atoms with E-state index < -0.39 is 25.3 Å². The highest BCUT2D eigenvalue weighted by molar-refractivity contribution is 7.52. The smallest absolute Gasteiger partial charge is 0.327 e. The maximum atomic E-state index is 11.5. The maximum Gasteiger partial charge on any atom is 0.347 e. The van der Waals surface area contributed by atoms with Crippen molar-refractivity contribution in [2.45, 2.75) is 31.6 Å². The van der Waals surface area contributed by atoms with Crippen LogP contribution in [0.4, 0.5) is 0 Å². The Morgan fingerprint density at radius 1 is 1.64 bits per heavy atom. The first kappa shape index (κ1) is 11.7. The summed E-state index contributed by atoms with van der Waals surface area (Å²) in [4.78, 5) is 30.6. The topological polar surface area (TPSA) is 104 Å². The van der Waals surface area contributed by atoms with Crippen LogP contribution in [0.5, 0.6) is 0 Å². The number of hydrogen-bond donors (Lipinski definition) is 3. The second kappa shape index (κ2) is 3.98. The quantitative estimate of drug-likeness (QED) is 0.544. The average Bonchev–Trinajstić information content (AvgIpc) is 2.48. The van der Waals surface area contributed by atoms with E-state index in [1.54, 1.807) is 0 Å². The van der Waals surface area contributed by atoms with Crippen LogP contribution in [0.1, 0.15) is 19.8 Å². The van der Waals surface area contributed by atoms with E-state index in [-0.39, 0.29) is 0 Å². The molecule has 0 aliphatic carbocycles. The van der Waals surface area contributed by atoms with Crippen LogP contribution in [-0.4, -0.2) is 39.0 Å². The minimum absolute atomic E-state index is 0.350. The Morgan fingerprint density at radius 3 is 2.64 bits per heavy atom. The van der Waals surface area contributed by atoms with Crippen LogP contribution in [0.2, 0.25) is 0 Å².